The lowest BCUT2D eigenvalue weighted by Gasteiger charge is -2.33. The molecule has 1 aliphatic rings. The van der Waals surface area contributed by atoms with Crippen LogP contribution < -0.4 is 10.2 Å². The zero-order valence-corrected chi connectivity index (χ0v) is 12.4. The van der Waals surface area contributed by atoms with Gasteiger partial charge in [0.05, 0.1) is 5.56 Å². The van der Waals surface area contributed by atoms with Crippen LogP contribution in [-0.2, 0) is 6.18 Å². The van der Waals surface area contributed by atoms with E-state index in [2.05, 4.69) is 5.32 Å². The number of piperidine rings is 1. The SMILES string of the molecule is CCCN(CC1CCCNC1)c1ccccc1C(F)(F)F. The molecule has 1 N–H and O–H groups in total. The van der Waals surface area contributed by atoms with E-state index in [-0.39, 0.29) is 0 Å². The molecule has 0 spiro atoms. The third-order valence-electron chi connectivity index (χ3n) is 3.92. The highest BCUT2D eigenvalue weighted by molar-refractivity contribution is 5.55. The number of anilines is 1. The van der Waals surface area contributed by atoms with Gasteiger partial charge >= 0.3 is 6.18 Å². The largest absolute Gasteiger partial charge is 0.418 e. The molecular weight excluding hydrogens is 277 g/mol. The molecule has 0 amide bonds. The zero-order chi connectivity index (χ0) is 15.3. The summed E-state index contributed by atoms with van der Waals surface area (Å²) >= 11 is 0. The van der Waals surface area contributed by atoms with Crippen LogP contribution in [0.2, 0.25) is 0 Å². The molecule has 0 bridgehead atoms. The molecular formula is C16H23F3N2. The quantitative estimate of drug-likeness (QED) is 0.886. The molecule has 2 nitrogen and oxygen atoms in total. The van der Waals surface area contributed by atoms with E-state index in [9.17, 15) is 13.2 Å². The lowest BCUT2D eigenvalue weighted by molar-refractivity contribution is -0.137. The number of para-hydroxylation sites is 1. The molecule has 0 aliphatic carbocycles. The summed E-state index contributed by atoms with van der Waals surface area (Å²) in [5.41, 5.74) is -0.209. The van der Waals surface area contributed by atoms with Crippen LogP contribution >= 0.6 is 0 Å². The summed E-state index contributed by atoms with van der Waals surface area (Å²) in [5, 5.41) is 3.33. The molecule has 1 aromatic rings. The van der Waals surface area contributed by atoms with Crippen molar-refractivity contribution in [3.63, 3.8) is 0 Å². The van der Waals surface area contributed by atoms with E-state index in [0.29, 0.717) is 24.7 Å². The minimum atomic E-state index is -4.30. The van der Waals surface area contributed by atoms with Crippen LogP contribution in [0.3, 0.4) is 0 Å². The number of hydrogen-bond donors (Lipinski definition) is 1. The highest BCUT2D eigenvalue weighted by Gasteiger charge is 2.34. The average molecular weight is 300 g/mol. The number of halogens is 3. The second-order valence-electron chi connectivity index (χ2n) is 5.67. The van der Waals surface area contributed by atoms with Crippen molar-refractivity contribution in [1.82, 2.24) is 5.32 Å². The van der Waals surface area contributed by atoms with Crippen LogP contribution in [0.25, 0.3) is 0 Å². The van der Waals surface area contributed by atoms with Gasteiger partial charge in [0.25, 0.3) is 0 Å². The standard InChI is InChI=1S/C16H23F3N2/c1-2-10-21(12-13-6-5-9-20-11-13)15-8-4-3-7-14(15)16(17,18)19/h3-4,7-8,13,20H,2,5-6,9-12H2,1H3. The number of nitrogens with one attached hydrogen (secondary N) is 1. The fraction of sp³-hybridized carbons (Fsp3) is 0.625. The summed E-state index contributed by atoms with van der Waals surface area (Å²) in [7, 11) is 0. The van der Waals surface area contributed by atoms with Gasteiger partial charge in [0.1, 0.15) is 0 Å². The normalized spacial score (nSPS) is 19.5. The molecule has 1 unspecified atom stereocenters. The lowest BCUT2D eigenvalue weighted by Crippen LogP contribution is -2.39. The molecule has 1 aliphatic heterocycles. The molecule has 1 aromatic carbocycles. The summed E-state index contributed by atoms with van der Waals surface area (Å²) in [6.07, 6.45) is -1.27. The van der Waals surface area contributed by atoms with Crippen LogP contribution in [0, 0.1) is 5.92 Å². The maximum absolute atomic E-state index is 13.2. The Morgan fingerprint density at radius 2 is 2.05 bits per heavy atom. The minimum absolute atomic E-state index is 0.317. The van der Waals surface area contributed by atoms with Crippen molar-refractivity contribution in [2.45, 2.75) is 32.4 Å². The van der Waals surface area contributed by atoms with E-state index >= 15 is 0 Å². The Kier molecular flexibility index (Phi) is 5.51. The Morgan fingerprint density at radius 3 is 2.67 bits per heavy atom. The first kappa shape index (κ1) is 16.1. The minimum Gasteiger partial charge on any atom is -0.371 e. The number of alkyl halides is 3. The van der Waals surface area contributed by atoms with Crippen molar-refractivity contribution in [1.29, 1.82) is 0 Å². The molecule has 118 valence electrons. The molecule has 1 atom stereocenters. The van der Waals surface area contributed by atoms with Gasteiger partial charge in [-0.2, -0.15) is 13.2 Å². The first-order chi connectivity index (χ1) is 10.0. The van der Waals surface area contributed by atoms with E-state index in [4.69, 9.17) is 0 Å². The van der Waals surface area contributed by atoms with Gasteiger partial charge in [-0.25, -0.2) is 0 Å². The fourth-order valence-electron chi connectivity index (χ4n) is 2.96. The van der Waals surface area contributed by atoms with Gasteiger partial charge in [-0.15, -0.1) is 0 Å². The van der Waals surface area contributed by atoms with E-state index in [0.717, 1.165) is 32.4 Å². The van der Waals surface area contributed by atoms with Gasteiger partial charge in [0, 0.05) is 18.8 Å². The Bertz CT molecular complexity index is 439. The topological polar surface area (TPSA) is 15.3 Å². The van der Waals surface area contributed by atoms with Gasteiger partial charge in [-0.1, -0.05) is 19.1 Å². The van der Waals surface area contributed by atoms with Gasteiger partial charge in [-0.3, -0.25) is 0 Å². The van der Waals surface area contributed by atoms with Gasteiger partial charge < -0.3 is 10.2 Å². The first-order valence-electron chi connectivity index (χ1n) is 7.64. The molecule has 0 aromatic heterocycles. The van der Waals surface area contributed by atoms with Crippen molar-refractivity contribution < 1.29 is 13.2 Å². The Labute approximate surface area is 124 Å². The summed E-state index contributed by atoms with van der Waals surface area (Å²) in [6.45, 7) is 5.26. The van der Waals surface area contributed by atoms with Crippen molar-refractivity contribution in [3.05, 3.63) is 29.8 Å². The molecule has 21 heavy (non-hydrogen) atoms. The molecule has 1 heterocycles. The highest BCUT2D eigenvalue weighted by Crippen LogP contribution is 2.36. The molecule has 1 saturated heterocycles. The monoisotopic (exact) mass is 300 g/mol. The average Bonchev–Trinajstić information content (AvgIpc) is 2.47. The third kappa shape index (κ3) is 4.37. The second-order valence-corrected chi connectivity index (χ2v) is 5.67. The third-order valence-corrected chi connectivity index (χ3v) is 3.92. The summed E-state index contributed by atoms with van der Waals surface area (Å²) in [5.74, 6) is 0.423. The first-order valence-corrected chi connectivity index (χ1v) is 7.64. The number of rotatable bonds is 5. The smallest absolute Gasteiger partial charge is 0.371 e. The van der Waals surface area contributed by atoms with Crippen molar-refractivity contribution in [2.75, 3.05) is 31.1 Å². The van der Waals surface area contributed by atoms with Crippen LogP contribution in [0.15, 0.2) is 24.3 Å². The molecule has 5 heteroatoms. The second kappa shape index (κ2) is 7.16. The predicted molar refractivity (Wildman–Crippen MR) is 79.5 cm³/mol. The summed E-state index contributed by atoms with van der Waals surface area (Å²) in [6, 6.07) is 5.91. The number of hydrogen-bond acceptors (Lipinski definition) is 2. The van der Waals surface area contributed by atoms with Crippen LogP contribution in [0.4, 0.5) is 18.9 Å². The van der Waals surface area contributed by atoms with Gasteiger partial charge in [0.15, 0.2) is 0 Å². The van der Waals surface area contributed by atoms with Crippen LogP contribution in [0.5, 0.6) is 0 Å². The highest BCUT2D eigenvalue weighted by atomic mass is 19.4. The van der Waals surface area contributed by atoms with E-state index in [1.807, 2.05) is 11.8 Å². The Morgan fingerprint density at radius 1 is 1.29 bits per heavy atom. The van der Waals surface area contributed by atoms with Crippen LogP contribution in [-0.4, -0.2) is 26.2 Å². The Balaban J connectivity index is 2.21. The van der Waals surface area contributed by atoms with Gasteiger partial charge in [0.2, 0.25) is 0 Å². The number of benzene rings is 1. The maximum Gasteiger partial charge on any atom is 0.418 e. The predicted octanol–water partition coefficient (Wildman–Crippen LogP) is 3.92. The van der Waals surface area contributed by atoms with Gasteiger partial charge in [-0.05, 0) is 50.4 Å². The summed E-state index contributed by atoms with van der Waals surface area (Å²) < 4.78 is 39.6. The lowest BCUT2D eigenvalue weighted by atomic mass is 9.98. The maximum atomic E-state index is 13.2. The fourth-order valence-corrected chi connectivity index (χ4v) is 2.96. The van der Waals surface area contributed by atoms with Crippen molar-refractivity contribution >= 4 is 5.69 Å². The summed E-state index contributed by atoms with van der Waals surface area (Å²) in [4.78, 5) is 1.90. The Hall–Kier alpha value is -1.23. The molecule has 0 radical (unpaired) electrons. The van der Waals surface area contributed by atoms with Crippen molar-refractivity contribution in [3.8, 4) is 0 Å². The molecule has 1 fully saturated rings. The van der Waals surface area contributed by atoms with E-state index < -0.39 is 11.7 Å². The van der Waals surface area contributed by atoms with Crippen molar-refractivity contribution in [2.24, 2.45) is 5.92 Å². The molecule has 0 saturated carbocycles. The van der Waals surface area contributed by atoms with E-state index in [1.165, 1.54) is 12.1 Å². The molecule has 2 rings (SSSR count). The number of nitrogens with zero attached hydrogens (tertiary/aromatic N) is 1. The van der Waals surface area contributed by atoms with Crippen LogP contribution in [0.1, 0.15) is 31.7 Å². The zero-order valence-electron chi connectivity index (χ0n) is 12.4. The van der Waals surface area contributed by atoms with E-state index in [1.54, 1.807) is 12.1 Å².